The van der Waals surface area contributed by atoms with Gasteiger partial charge in [-0.05, 0) is 18.2 Å². The van der Waals surface area contributed by atoms with Gasteiger partial charge in [0.05, 0.1) is 12.8 Å². The molecular formula is C14H12FNO3. The second-order valence-electron chi connectivity index (χ2n) is 3.80. The van der Waals surface area contributed by atoms with Crippen LogP contribution in [-0.4, -0.2) is 18.4 Å². The van der Waals surface area contributed by atoms with E-state index in [2.05, 4.69) is 4.98 Å². The van der Waals surface area contributed by atoms with Gasteiger partial charge in [-0.15, -0.1) is 0 Å². The third-order valence-corrected chi connectivity index (χ3v) is 2.41. The van der Waals surface area contributed by atoms with Crippen molar-refractivity contribution in [3.63, 3.8) is 0 Å². The minimum Gasteiger partial charge on any atom is -0.487 e. The normalized spacial score (nSPS) is 10.0. The van der Waals surface area contributed by atoms with Gasteiger partial charge in [-0.1, -0.05) is 6.07 Å². The van der Waals surface area contributed by atoms with Crippen molar-refractivity contribution in [1.82, 2.24) is 4.98 Å². The van der Waals surface area contributed by atoms with E-state index in [1.807, 2.05) is 0 Å². The molecule has 0 aliphatic rings. The van der Waals surface area contributed by atoms with Crippen molar-refractivity contribution >= 4 is 6.29 Å². The minimum absolute atomic E-state index is 0.166. The number of hydrogen-bond acceptors (Lipinski definition) is 4. The number of carbonyl (C=O) groups excluding carboxylic acids is 1. The van der Waals surface area contributed by atoms with Crippen molar-refractivity contribution in [2.75, 3.05) is 7.11 Å². The number of ether oxygens (including phenoxy) is 2. The van der Waals surface area contributed by atoms with E-state index < -0.39 is 5.82 Å². The molecule has 2 rings (SSSR count). The molecule has 0 saturated heterocycles. The van der Waals surface area contributed by atoms with Crippen LogP contribution in [0, 0.1) is 5.82 Å². The molecule has 0 saturated carbocycles. The third-order valence-electron chi connectivity index (χ3n) is 2.41. The maximum Gasteiger partial charge on any atom is 0.213 e. The highest BCUT2D eigenvalue weighted by atomic mass is 19.1. The Morgan fingerprint density at radius 1 is 1.32 bits per heavy atom. The first-order valence-electron chi connectivity index (χ1n) is 5.60. The SMILES string of the molecule is COc1cccc(COc2cc(F)cc(C=O)c2)n1. The molecule has 19 heavy (non-hydrogen) atoms. The lowest BCUT2D eigenvalue weighted by Gasteiger charge is -2.07. The van der Waals surface area contributed by atoms with Crippen LogP contribution in [-0.2, 0) is 6.61 Å². The van der Waals surface area contributed by atoms with Gasteiger partial charge in [-0.25, -0.2) is 9.37 Å². The van der Waals surface area contributed by atoms with Crippen molar-refractivity contribution in [1.29, 1.82) is 0 Å². The summed E-state index contributed by atoms with van der Waals surface area (Å²) in [4.78, 5) is 14.8. The van der Waals surface area contributed by atoms with Crippen molar-refractivity contribution in [2.45, 2.75) is 6.61 Å². The molecule has 0 atom stereocenters. The minimum atomic E-state index is -0.516. The van der Waals surface area contributed by atoms with Gasteiger partial charge in [-0.2, -0.15) is 0 Å². The fourth-order valence-electron chi connectivity index (χ4n) is 1.54. The van der Waals surface area contributed by atoms with Crippen molar-refractivity contribution in [3.8, 4) is 11.6 Å². The summed E-state index contributed by atoms with van der Waals surface area (Å²) in [7, 11) is 1.52. The van der Waals surface area contributed by atoms with E-state index in [1.54, 1.807) is 18.2 Å². The number of rotatable bonds is 5. The Labute approximate surface area is 109 Å². The predicted octanol–water partition coefficient (Wildman–Crippen LogP) is 2.62. The Balaban J connectivity index is 2.09. The largest absolute Gasteiger partial charge is 0.487 e. The molecule has 0 radical (unpaired) electrons. The van der Waals surface area contributed by atoms with E-state index in [9.17, 15) is 9.18 Å². The number of pyridine rings is 1. The van der Waals surface area contributed by atoms with Crippen LogP contribution in [0.1, 0.15) is 16.1 Å². The Morgan fingerprint density at radius 2 is 2.16 bits per heavy atom. The van der Waals surface area contributed by atoms with Crippen LogP contribution in [0.2, 0.25) is 0 Å². The molecule has 0 unspecified atom stereocenters. The highest BCUT2D eigenvalue weighted by Gasteiger charge is 2.03. The molecule has 0 N–H and O–H groups in total. The first-order valence-corrected chi connectivity index (χ1v) is 5.60. The van der Waals surface area contributed by atoms with E-state index in [-0.39, 0.29) is 17.9 Å². The van der Waals surface area contributed by atoms with Crippen LogP contribution in [0.4, 0.5) is 4.39 Å². The molecule has 0 spiro atoms. The molecule has 2 aromatic rings. The van der Waals surface area contributed by atoms with Gasteiger partial charge in [0.25, 0.3) is 0 Å². The zero-order chi connectivity index (χ0) is 13.7. The predicted molar refractivity (Wildman–Crippen MR) is 66.9 cm³/mol. The fraction of sp³-hybridized carbons (Fsp3) is 0.143. The Kier molecular flexibility index (Phi) is 4.07. The molecule has 0 bridgehead atoms. The van der Waals surface area contributed by atoms with E-state index in [0.717, 1.165) is 6.07 Å². The summed E-state index contributed by atoms with van der Waals surface area (Å²) in [6, 6.07) is 9.10. The van der Waals surface area contributed by atoms with Crippen LogP contribution < -0.4 is 9.47 Å². The summed E-state index contributed by atoms with van der Waals surface area (Å²) in [5, 5.41) is 0. The van der Waals surface area contributed by atoms with E-state index >= 15 is 0 Å². The summed E-state index contributed by atoms with van der Waals surface area (Å²) >= 11 is 0. The van der Waals surface area contributed by atoms with Crippen LogP contribution in [0.3, 0.4) is 0 Å². The molecule has 1 aromatic heterocycles. The van der Waals surface area contributed by atoms with Crippen LogP contribution >= 0.6 is 0 Å². The Morgan fingerprint density at radius 3 is 2.89 bits per heavy atom. The zero-order valence-electron chi connectivity index (χ0n) is 10.3. The van der Waals surface area contributed by atoms with Gasteiger partial charge >= 0.3 is 0 Å². The molecule has 0 amide bonds. The fourth-order valence-corrected chi connectivity index (χ4v) is 1.54. The van der Waals surface area contributed by atoms with Crippen LogP contribution in [0.15, 0.2) is 36.4 Å². The Bertz CT molecular complexity index is 587. The molecule has 1 heterocycles. The molecule has 5 heteroatoms. The molecule has 0 aliphatic heterocycles. The quantitative estimate of drug-likeness (QED) is 0.776. The number of aromatic nitrogens is 1. The average molecular weight is 261 g/mol. The van der Waals surface area contributed by atoms with Crippen molar-refractivity contribution in [2.24, 2.45) is 0 Å². The lowest BCUT2D eigenvalue weighted by Crippen LogP contribution is -2.00. The average Bonchev–Trinajstić information content (AvgIpc) is 2.44. The van der Waals surface area contributed by atoms with Gasteiger partial charge in [0.2, 0.25) is 5.88 Å². The van der Waals surface area contributed by atoms with Gasteiger partial charge in [0.1, 0.15) is 24.5 Å². The second-order valence-corrected chi connectivity index (χ2v) is 3.80. The molecular weight excluding hydrogens is 249 g/mol. The second kappa shape index (κ2) is 5.95. The van der Waals surface area contributed by atoms with E-state index in [4.69, 9.17) is 9.47 Å². The van der Waals surface area contributed by atoms with Gasteiger partial charge < -0.3 is 9.47 Å². The molecule has 1 aromatic carbocycles. The number of aldehydes is 1. The van der Waals surface area contributed by atoms with Gasteiger partial charge in [0, 0.05) is 17.7 Å². The number of hydrogen-bond donors (Lipinski definition) is 0. The number of benzene rings is 1. The molecule has 98 valence electrons. The zero-order valence-corrected chi connectivity index (χ0v) is 10.3. The van der Waals surface area contributed by atoms with Crippen molar-refractivity contribution < 1.29 is 18.7 Å². The first kappa shape index (κ1) is 13.0. The van der Waals surface area contributed by atoms with Crippen LogP contribution in [0.5, 0.6) is 11.6 Å². The van der Waals surface area contributed by atoms with E-state index in [1.165, 1.54) is 19.2 Å². The van der Waals surface area contributed by atoms with Gasteiger partial charge in [0.15, 0.2) is 0 Å². The summed E-state index contributed by atoms with van der Waals surface area (Å²) in [5.41, 5.74) is 0.880. The highest BCUT2D eigenvalue weighted by Crippen LogP contribution is 2.17. The Hall–Kier alpha value is -2.43. The molecule has 4 nitrogen and oxygen atoms in total. The maximum atomic E-state index is 13.2. The topological polar surface area (TPSA) is 48.4 Å². The van der Waals surface area contributed by atoms with Crippen LogP contribution in [0.25, 0.3) is 0 Å². The standard InChI is InChI=1S/C14H12FNO3/c1-18-14-4-2-3-12(16-14)9-19-13-6-10(8-17)5-11(15)7-13/h2-8H,9H2,1H3. The maximum absolute atomic E-state index is 13.2. The molecule has 0 fully saturated rings. The number of halogens is 1. The lowest BCUT2D eigenvalue weighted by molar-refractivity contribution is 0.112. The summed E-state index contributed by atoms with van der Waals surface area (Å²) in [6.07, 6.45) is 0.569. The highest BCUT2D eigenvalue weighted by molar-refractivity contribution is 5.75. The smallest absolute Gasteiger partial charge is 0.213 e. The monoisotopic (exact) mass is 261 g/mol. The van der Waals surface area contributed by atoms with Gasteiger partial charge in [-0.3, -0.25) is 4.79 Å². The van der Waals surface area contributed by atoms with E-state index in [0.29, 0.717) is 17.9 Å². The summed E-state index contributed by atoms with van der Waals surface area (Å²) in [6.45, 7) is 0.166. The third kappa shape index (κ3) is 3.51. The first-order chi connectivity index (χ1) is 9.21. The summed E-state index contributed by atoms with van der Waals surface area (Å²) in [5.74, 6) is 0.249. The summed E-state index contributed by atoms with van der Waals surface area (Å²) < 4.78 is 23.6. The molecule has 0 aliphatic carbocycles. The van der Waals surface area contributed by atoms with Crippen molar-refractivity contribution in [3.05, 3.63) is 53.5 Å². The number of methoxy groups -OCH3 is 1. The number of nitrogens with zero attached hydrogens (tertiary/aromatic N) is 1. The lowest BCUT2D eigenvalue weighted by atomic mass is 10.2. The number of carbonyl (C=O) groups is 1.